The second-order valence-corrected chi connectivity index (χ2v) is 8.49. The van der Waals surface area contributed by atoms with Crippen LogP contribution in [0, 0.1) is 0 Å². The third kappa shape index (κ3) is 3.35. The van der Waals surface area contributed by atoms with Crippen LogP contribution in [0.15, 0.2) is 35.2 Å². The summed E-state index contributed by atoms with van der Waals surface area (Å²) in [7, 11) is 2.15. The second kappa shape index (κ2) is 7.33. The van der Waals surface area contributed by atoms with Crippen molar-refractivity contribution in [1.82, 2.24) is 24.4 Å². The molecule has 2 aliphatic heterocycles. The molecule has 0 N–H and O–H groups in total. The quantitative estimate of drug-likeness (QED) is 0.618. The lowest BCUT2D eigenvalue weighted by atomic mass is 10.2. The monoisotopic (exact) mass is 442 g/mol. The molecule has 0 bridgehead atoms. The third-order valence-electron chi connectivity index (χ3n) is 5.76. The van der Waals surface area contributed by atoms with E-state index in [9.17, 15) is 0 Å². The van der Waals surface area contributed by atoms with E-state index in [2.05, 4.69) is 53.4 Å². The van der Waals surface area contributed by atoms with Crippen LogP contribution in [0.5, 0.6) is 6.01 Å². The van der Waals surface area contributed by atoms with Gasteiger partial charge >= 0.3 is 6.01 Å². The zero-order chi connectivity index (χ0) is 19.1. The van der Waals surface area contributed by atoms with Gasteiger partial charge in [-0.1, -0.05) is 15.9 Å². The molecule has 2 aromatic heterocycles. The summed E-state index contributed by atoms with van der Waals surface area (Å²) in [5, 5.41) is 1.04. The molecule has 0 amide bonds. The summed E-state index contributed by atoms with van der Waals surface area (Å²) < 4.78 is 9.27. The Hall–Kier alpha value is -2.19. The lowest BCUT2D eigenvalue weighted by molar-refractivity contribution is 0.188. The number of benzene rings is 1. The first-order valence-electron chi connectivity index (χ1n) is 9.72. The molecular weight excluding hydrogens is 420 g/mol. The van der Waals surface area contributed by atoms with Crippen molar-refractivity contribution in [3.05, 3.63) is 40.9 Å². The summed E-state index contributed by atoms with van der Waals surface area (Å²) in [5.74, 6) is 0.930. The first kappa shape index (κ1) is 17.9. The Labute approximate surface area is 172 Å². The lowest BCUT2D eigenvalue weighted by Gasteiger charge is -2.30. The molecule has 3 aromatic rings. The maximum absolute atomic E-state index is 6.07. The highest BCUT2D eigenvalue weighted by atomic mass is 79.9. The Balaban J connectivity index is 1.48. The molecule has 0 spiro atoms. The van der Waals surface area contributed by atoms with E-state index in [4.69, 9.17) is 9.72 Å². The van der Waals surface area contributed by atoms with Crippen LogP contribution in [0.2, 0.25) is 0 Å². The van der Waals surface area contributed by atoms with Gasteiger partial charge in [-0.3, -0.25) is 0 Å². The van der Waals surface area contributed by atoms with E-state index in [1.807, 2.05) is 24.7 Å². The fourth-order valence-corrected chi connectivity index (χ4v) is 4.45. The van der Waals surface area contributed by atoms with Crippen molar-refractivity contribution in [2.45, 2.75) is 32.0 Å². The smallest absolute Gasteiger partial charge is 0.319 e. The molecule has 2 aliphatic rings. The number of aromatic nitrogens is 4. The maximum Gasteiger partial charge on any atom is 0.319 e. The van der Waals surface area contributed by atoms with Gasteiger partial charge in [0, 0.05) is 35.2 Å². The number of hydrogen-bond donors (Lipinski definition) is 0. The first-order chi connectivity index (χ1) is 13.7. The summed E-state index contributed by atoms with van der Waals surface area (Å²) in [6.45, 7) is 4.33. The molecule has 0 saturated carbocycles. The molecule has 1 fully saturated rings. The Bertz CT molecular complexity index is 1010. The van der Waals surface area contributed by atoms with E-state index in [-0.39, 0.29) is 0 Å². The SMILES string of the molecule is CN1CCC[C@H]1COc1nc(N2CCn3cncc3C2)c2ccc(Br)cc2n1. The fourth-order valence-electron chi connectivity index (χ4n) is 4.10. The highest BCUT2D eigenvalue weighted by Crippen LogP contribution is 2.30. The number of halogens is 1. The number of ether oxygens (including phenoxy) is 1. The van der Waals surface area contributed by atoms with Crippen molar-refractivity contribution >= 4 is 32.7 Å². The van der Waals surface area contributed by atoms with Crippen LogP contribution in [0.1, 0.15) is 18.5 Å². The molecule has 0 radical (unpaired) electrons. The summed E-state index contributed by atoms with van der Waals surface area (Å²) in [6.07, 6.45) is 6.22. The largest absolute Gasteiger partial charge is 0.462 e. The molecule has 0 aliphatic carbocycles. The van der Waals surface area contributed by atoms with Gasteiger partial charge in [-0.05, 0) is 44.6 Å². The minimum atomic E-state index is 0.439. The zero-order valence-corrected chi connectivity index (χ0v) is 17.5. The Kier molecular flexibility index (Phi) is 4.68. The number of likely N-dealkylation sites (tertiary alicyclic amines) is 1. The number of nitrogens with zero attached hydrogens (tertiary/aromatic N) is 6. The molecule has 146 valence electrons. The topological polar surface area (TPSA) is 59.3 Å². The maximum atomic E-state index is 6.07. The standard InChI is InChI=1S/C20H23BrN6O/c1-25-6-2-3-15(25)12-28-20-23-18-9-14(21)4-5-17(18)19(24-20)26-7-8-27-13-22-10-16(27)11-26/h4-5,9-10,13,15H,2-3,6-8,11-12H2,1H3/t15-/m0/s1. The van der Waals surface area contributed by atoms with Gasteiger partial charge in [0.25, 0.3) is 0 Å². The molecule has 4 heterocycles. The van der Waals surface area contributed by atoms with Crippen LogP contribution >= 0.6 is 15.9 Å². The van der Waals surface area contributed by atoms with E-state index in [1.54, 1.807) is 0 Å². The summed E-state index contributed by atoms with van der Waals surface area (Å²) >= 11 is 3.56. The molecule has 1 saturated heterocycles. The Morgan fingerprint density at radius 1 is 1.21 bits per heavy atom. The molecule has 1 atom stereocenters. The van der Waals surface area contributed by atoms with Gasteiger partial charge in [-0.2, -0.15) is 9.97 Å². The van der Waals surface area contributed by atoms with Gasteiger partial charge in [0.15, 0.2) is 0 Å². The number of rotatable bonds is 4. The van der Waals surface area contributed by atoms with Crippen molar-refractivity contribution < 1.29 is 4.74 Å². The predicted octanol–water partition coefficient (Wildman–Crippen LogP) is 3.08. The molecule has 1 aromatic carbocycles. The second-order valence-electron chi connectivity index (χ2n) is 7.58. The summed E-state index contributed by atoms with van der Waals surface area (Å²) in [6, 6.07) is 7.05. The van der Waals surface area contributed by atoms with Crippen LogP contribution in [0.25, 0.3) is 10.9 Å². The van der Waals surface area contributed by atoms with Gasteiger partial charge in [-0.15, -0.1) is 0 Å². The average Bonchev–Trinajstić information content (AvgIpc) is 3.33. The van der Waals surface area contributed by atoms with Crippen molar-refractivity contribution in [3.8, 4) is 6.01 Å². The van der Waals surface area contributed by atoms with Crippen LogP contribution < -0.4 is 9.64 Å². The number of hydrogen-bond acceptors (Lipinski definition) is 6. The molecular formula is C20H23BrN6O. The van der Waals surface area contributed by atoms with Gasteiger partial charge in [0.2, 0.25) is 0 Å². The van der Waals surface area contributed by atoms with Gasteiger partial charge in [-0.25, -0.2) is 4.98 Å². The van der Waals surface area contributed by atoms with E-state index >= 15 is 0 Å². The van der Waals surface area contributed by atoms with Gasteiger partial charge < -0.3 is 19.1 Å². The number of fused-ring (bicyclic) bond motifs is 2. The van der Waals surface area contributed by atoms with E-state index < -0.39 is 0 Å². The highest BCUT2D eigenvalue weighted by molar-refractivity contribution is 9.10. The highest BCUT2D eigenvalue weighted by Gasteiger charge is 2.24. The van der Waals surface area contributed by atoms with Crippen molar-refractivity contribution in [2.24, 2.45) is 0 Å². The molecule has 28 heavy (non-hydrogen) atoms. The Morgan fingerprint density at radius 2 is 2.14 bits per heavy atom. The minimum Gasteiger partial charge on any atom is -0.462 e. The fraction of sp³-hybridized carbons (Fsp3) is 0.450. The molecule has 7 nitrogen and oxygen atoms in total. The zero-order valence-electron chi connectivity index (χ0n) is 15.9. The van der Waals surface area contributed by atoms with Crippen molar-refractivity contribution in [2.75, 3.05) is 31.6 Å². The van der Waals surface area contributed by atoms with E-state index in [0.717, 1.165) is 47.4 Å². The van der Waals surface area contributed by atoms with E-state index in [0.29, 0.717) is 18.7 Å². The normalized spacial score (nSPS) is 19.9. The number of likely N-dealkylation sites (N-methyl/N-ethyl adjacent to an activating group) is 1. The third-order valence-corrected chi connectivity index (χ3v) is 6.25. The average molecular weight is 443 g/mol. The first-order valence-corrected chi connectivity index (χ1v) is 10.5. The molecule has 0 unspecified atom stereocenters. The summed E-state index contributed by atoms with van der Waals surface area (Å²) in [5.41, 5.74) is 2.10. The van der Waals surface area contributed by atoms with E-state index in [1.165, 1.54) is 18.5 Å². The number of anilines is 1. The van der Waals surface area contributed by atoms with Crippen LogP contribution in [0.3, 0.4) is 0 Å². The number of imidazole rings is 1. The summed E-state index contributed by atoms with van der Waals surface area (Å²) in [4.78, 5) is 18.4. The van der Waals surface area contributed by atoms with Gasteiger partial charge in [0.05, 0.1) is 24.1 Å². The Morgan fingerprint density at radius 3 is 3.00 bits per heavy atom. The van der Waals surface area contributed by atoms with Crippen LogP contribution in [-0.2, 0) is 13.1 Å². The molecule has 5 rings (SSSR count). The van der Waals surface area contributed by atoms with Crippen molar-refractivity contribution in [3.63, 3.8) is 0 Å². The predicted molar refractivity (Wildman–Crippen MR) is 112 cm³/mol. The van der Waals surface area contributed by atoms with Crippen LogP contribution in [0.4, 0.5) is 5.82 Å². The molecule has 8 heteroatoms. The van der Waals surface area contributed by atoms with Gasteiger partial charge in [0.1, 0.15) is 12.4 Å². The lowest BCUT2D eigenvalue weighted by Crippen LogP contribution is -2.34. The van der Waals surface area contributed by atoms with Crippen molar-refractivity contribution in [1.29, 1.82) is 0 Å². The van der Waals surface area contributed by atoms with Crippen LogP contribution in [-0.4, -0.2) is 57.2 Å². The minimum absolute atomic E-state index is 0.439.